The summed E-state index contributed by atoms with van der Waals surface area (Å²) in [4.78, 5) is 21.0. The normalized spacial score (nSPS) is 11.6. The first-order valence-corrected chi connectivity index (χ1v) is 12.0. The fraction of sp³-hybridized carbons (Fsp3) is 0.407. The molecule has 0 aliphatic rings. The molecule has 2 N–H and O–H groups in total. The Bertz CT molecular complexity index is 1180. The molecule has 0 saturated heterocycles. The monoisotopic (exact) mass is 476 g/mol. The number of benzene rings is 1. The van der Waals surface area contributed by atoms with Crippen LogP contribution < -0.4 is 10.6 Å². The Labute approximate surface area is 207 Å². The van der Waals surface area contributed by atoms with Crippen molar-refractivity contribution in [3.63, 3.8) is 0 Å². The lowest BCUT2D eigenvalue weighted by Crippen LogP contribution is -2.32. The maximum Gasteiger partial charge on any atom is 0.407 e. The average Bonchev–Trinajstić information content (AvgIpc) is 3.19. The summed E-state index contributed by atoms with van der Waals surface area (Å²) in [6, 6.07) is 9.98. The van der Waals surface area contributed by atoms with Crippen LogP contribution in [0.3, 0.4) is 0 Å². The van der Waals surface area contributed by atoms with Crippen LogP contribution in [0.15, 0.2) is 48.7 Å². The standard InChI is InChI=1S/C27H36N6O2/c1-7-9-10-15-33-22(8-2)17-24(32-33)31-25-28-14-13-23(30-25)20-11-12-21(19(3)16-20)18-29-26(34)35-27(4,5)6/h7,9,11-14,16-17H,8,10,15,18H2,1-6H3,(H,29,34)(H,28,30,31,32)/b9-7-. The Morgan fingerprint density at radius 1 is 1.20 bits per heavy atom. The molecule has 2 heterocycles. The lowest BCUT2D eigenvalue weighted by atomic mass is 10.0. The SMILES string of the molecule is C/C=C\CCn1nc(Nc2nccc(-c3ccc(CNC(=O)OC(C)(C)C)c(C)c3)n2)cc1CC. The van der Waals surface area contributed by atoms with E-state index in [0.29, 0.717) is 12.5 Å². The molecule has 1 amide bonds. The molecule has 8 heteroatoms. The van der Waals surface area contributed by atoms with Gasteiger partial charge in [0.05, 0.1) is 5.69 Å². The van der Waals surface area contributed by atoms with E-state index in [1.807, 2.05) is 63.6 Å². The summed E-state index contributed by atoms with van der Waals surface area (Å²) in [7, 11) is 0. The van der Waals surface area contributed by atoms with Crippen LogP contribution in [0.1, 0.15) is 57.9 Å². The van der Waals surface area contributed by atoms with E-state index in [1.54, 1.807) is 6.20 Å². The van der Waals surface area contributed by atoms with Gasteiger partial charge in [-0.2, -0.15) is 5.10 Å². The molecular formula is C27H36N6O2. The third-order valence-corrected chi connectivity index (χ3v) is 5.32. The molecule has 0 spiro atoms. The number of aromatic nitrogens is 4. The zero-order valence-electron chi connectivity index (χ0n) is 21.6. The van der Waals surface area contributed by atoms with Crippen molar-refractivity contribution in [3.05, 3.63) is 65.5 Å². The van der Waals surface area contributed by atoms with Gasteiger partial charge in [0.1, 0.15) is 5.60 Å². The highest BCUT2D eigenvalue weighted by Gasteiger charge is 2.16. The molecule has 1 aromatic carbocycles. The predicted octanol–water partition coefficient (Wildman–Crippen LogP) is 5.95. The second-order valence-corrected chi connectivity index (χ2v) is 9.34. The topological polar surface area (TPSA) is 94.0 Å². The highest BCUT2D eigenvalue weighted by molar-refractivity contribution is 5.68. The third-order valence-electron chi connectivity index (χ3n) is 5.32. The summed E-state index contributed by atoms with van der Waals surface area (Å²) < 4.78 is 7.34. The molecule has 3 aromatic rings. The molecular weight excluding hydrogens is 440 g/mol. The van der Waals surface area contributed by atoms with Crippen LogP contribution in [-0.2, 0) is 24.2 Å². The zero-order valence-corrected chi connectivity index (χ0v) is 21.6. The van der Waals surface area contributed by atoms with Crippen LogP contribution >= 0.6 is 0 Å². The van der Waals surface area contributed by atoms with Crippen molar-refractivity contribution in [1.29, 1.82) is 0 Å². The fourth-order valence-electron chi connectivity index (χ4n) is 3.59. The van der Waals surface area contributed by atoms with E-state index in [0.717, 1.165) is 47.6 Å². The largest absolute Gasteiger partial charge is 0.444 e. The van der Waals surface area contributed by atoms with E-state index >= 15 is 0 Å². The Balaban J connectivity index is 1.70. The predicted molar refractivity (Wildman–Crippen MR) is 140 cm³/mol. The molecule has 186 valence electrons. The first-order chi connectivity index (χ1) is 16.7. The Kier molecular flexibility index (Phi) is 8.63. The molecule has 3 rings (SSSR count). The van der Waals surface area contributed by atoms with Crippen molar-refractivity contribution < 1.29 is 9.53 Å². The second-order valence-electron chi connectivity index (χ2n) is 9.34. The van der Waals surface area contributed by atoms with Gasteiger partial charge in [-0.25, -0.2) is 14.8 Å². The number of aryl methyl sites for hydroxylation is 3. The molecule has 0 unspecified atom stereocenters. The van der Waals surface area contributed by atoms with Crippen LogP contribution in [0.2, 0.25) is 0 Å². The maximum absolute atomic E-state index is 12.0. The first kappa shape index (κ1) is 25.9. The van der Waals surface area contributed by atoms with Crippen LogP contribution in [0.5, 0.6) is 0 Å². The zero-order chi connectivity index (χ0) is 25.4. The van der Waals surface area contributed by atoms with Gasteiger partial charge in [-0.15, -0.1) is 0 Å². The fourth-order valence-corrected chi connectivity index (χ4v) is 3.59. The van der Waals surface area contributed by atoms with Crippen LogP contribution in [0, 0.1) is 6.92 Å². The number of anilines is 2. The number of nitrogens with one attached hydrogen (secondary N) is 2. The van der Waals surface area contributed by atoms with Crippen LogP contribution in [0.25, 0.3) is 11.3 Å². The Morgan fingerprint density at radius 3 is 2.69 bits per heavy atom. The molecule has 0 atom stereocenters. The quantitative estimate of drug-likeness (QED) is 0.371. The van der Waals surface area contributed by atoms with Gasteiger partial charge in [0.2, 0.25) is 5.95 Å². The molecule has 0 bridgehead atoms. The number of rotatable bonds is 9. The molecule has 35 heavy (non-hydrogen) atoms. The van der Waals surface area contributed by atoms with Gasteiger partial charge in [-0.3, -0.25) is 4.68 Å². The number of hydrogen-bond donors (Lipinski definition) is 2. The third kappa shape index (κ3) is 7.67. The van der Waals surface area contributed by atoms with Crippen LogP contribution in [0.4, 0.5) is 16.6 Å². The number of allylic oxidation sites excluding steroid dienone is 2. The molecule has 0 radical (unpaired) electrons. The molecule has 2 aromatic heterocycles. The van der Waals surface area contributed by atoms with Crippen molar-refractivity contribution in [2.75, 3.05) is 5.32 Å². The average molecular weight is 477 g/mol. The van der Waals surface area contributed by atoms with E-state index in [9.17, 15) is 4.79 Å². The number of carbonyl (C=O) groups is 1. The van der Waals surface area contributed by atoms with Gasteiger partial charge < -0.3 is 15.4 Å². The highest BCUT2D eigenvalue weighted by atomic mass is 16.6. The number of ether oxygens (including phenoxy) is 1. The van der Waals surface area contributed by atoms with Crippen molar-refractivity contribution in [2.45, 2.75) is 73.1 Å². The lowest BCUT2D eigenvalue weighted by molar-refractivity contribution is 0.0523. The van der Waals surface area contributed by atoms with Crippen molar-refractivity contribution in [1.82, 2.24) is 25.1 Å². The number of nitrogens with zero attached hydrogens (tertiary/aromatic N) is 4. The highest BCUT2D eigenvalue weighted by Crippen LogP contribution is 2.23. The molecule has 0 aliphatic carbocycles. The van der Waals surface area contributed by atoms with Crippen LogP contribution in [-0.4, -0.2) is 31.4 Å². The summed E-state index contributed by atoms with van der Waals surface area (Å²) in [6.07, 6.45) is 7.35. The maximum atomic E-state index is 12.0. The van der Waals surface area contributed by atoms with E-state index in [4.69, 9.17) is 9.72 Å². The smallest absolute Gasteiger partial charge is 0.407 e. The van der Waals surface area contributed by atoms with Gasteiger partial charge in [0.25, 0.3) is 0 Å². The van der Waals surface area contributed by atoms with Gasteiger partial charge in [0.15, 0.2) is 5.82 Å². The minimum absolute atomic E-state index is 0.397. The van der Waals surface area contributed by atoms with Gasteiger partial charge in [-0.1, -0.05) is 31.2 Å². The molecule has 8 nitrogen and oxygen atoms in total. The minimum Gasteiger partial charge on any atom is -0.444 e. The van der Waals surface area contributed by atoms with E-state index < -0.39 is 11.7 Å². The first-order valence-electron chi connectivity index (χ1n) is 12.0. The van der Waals surface area contributed by atoms with Crippen molar-refractivity contribution in [3.8, 4) is 11.3 Å². The number of carbonyl (C=O) groups excluding carboxylic acids is 1. The van der Waals surface area contributed by atoms with E-state index in [1.165, 1.54) is 5.69 Å². The van der Waals surface area contributed by atoms with Crippen molar-refractivity contribution >= 4 is 17.9 Å². The lowest BCUT2D eigenvalue weighted by Gasteiger charge is -2.20. The summed E-state index contributed by atoms with van der Waals surface area (Å²) in [5.74, 6) is 1.23. The van der Waals surface area contributed by atoms with Crippen molar-refractivity contribution in [2.24, 2.45) is 0 Å². The van der Waals surface area contributed by atoms with Gasteiger partial charge in [-0.05, 0) is 70.7 Å². The summed E-state index contributed by atoms with van der Waals surface area (Å²) >= 11 is 0. The van der Waals surface area contributed by atoms with E-state index in [-0.39, 0.29) is 0 Å². The summed E-state index contributed by atoms with van der Waals surface area (Å²) in [6.45, 7) is 12.9. The Hall–Kier alpha value is -3.68. The number of hydrogen-bond acceptors (Lipinski definition) is 6. The number of amides is 1. The Morgan fingerprint density at radius 2 is 2.00 bits per heavy atom. The minimum atomic E-state index is -0.523. The van der Waals surface area contributed by atoms with Gasteiger partial charge >= 0.3 is 6.09 Å². The van der Waals surface area contributed by atoms with E-state index in [2.05, 4.69) is 45.9 Å². The molecule has 0 fully saturated rings. The second kappa shape index (κ2) is 11.6. The summed E-state index contributed by atoms with van der Waals surface area (Å²) in [5.41, 5.74) is 4.49. The molecule has 0 saturated carbocycles. The number of alkyl carbamates (subject to hydrolysis) is 1. The summed E-state index contributed by atoms with van der Waals surface area (Å²) in [5, 5.41) is 10.7. The molecule has 0 aliphatic heterocycles. The van der Waals surface area contributed by atoms with Gasteiger partial charge in [0, 0.05) is 36.6 Å².